The maximum atomic E-state index is 12.3. The van der Waals surface area contributed by atoms with Crippen LogP contribution in [0.2, 0.25) is 0 Å². The lowest BCUT2D eigenvalue weighted by molar-refractivity contribution is 0.415. The number of rotatable bonds is 8. The fraction of sp³-hybridized carbons (Fsp3) is 0.167. The number of oxazole rings is 1. The van der Waals surface area contributed by atoms with Crippen molar-refractivity contribution in [3.8, 4) is 17.2 Å². The van der Waals surface area contributed by atoms with Crippen LogP contribution in [0, 0.1) is 0 Å². The predicted octanol–water partition coefficient (Wildman–Crippen LogP) is 1.52. The van der Waals surface area contributed by atoms with Crippen molar-refractivity contribution in [1.29, 1.82) is 0 Å². The Labute approximate surface area is 168 Å². The van der Waals surface area contributed by atoms with Gasteiger partial charge in [-0.05, 0) is 48.5 Å². The molecule has 0 aliphatic rings. The minimum atomic E-state index is -3.88. The summed E-state index contributed by atoms with van der Waals surface area (Å²) in [5.41, 5.74) is 1.36. The van der Waals surface area contributed by atoms with E-state index in [1.807, 2.05) is 12.1 Å². The zero-order valence-electron chi connectivity index (χ0n) is 15.4. The van der Waals surface area contributed by atoms with Crippen molar-refractivity contribution in [3.05, 3.63) is 60.5 Å². The summed E-state index contributed by atoms with van der Waals surface area (Å²) in [7, 11) is -6.11. The summed E-state index contributed by atoms with van der Waals surface area (Å²) in [5.74, 6) is 1.14. The molecule has 0 atom stereocenters. The molecule has 0 saturated carbocycles. The monoisotopic (exact) mass is 437 g/mol. The zero-order chi connectivity index (χ0) is 21.1. The Hall–Kier alpha value is -2.73. The van der Waals surface area contributed by atoms with Gasteiger partial charge in [0.25, 0.3) is 0 Å². The van der Waals surface area contributed by atoms with E-state index < -0.39 is 20.0 Å². The molecule has 0 unspecified atom stereocenters. The lowest BCUT2D eigenvalue weighted by Crippen LogP contribution is -2.26. The second kappa shape index (κ2) is 8.33. The highest BCUT2D eigenvalue weighted by atomic mass is 32.2. The third-order valence-electron chi connectivity index (χ3n) is 4.02. The Bertz CT molecular complexity index is 1190. The summed E-state index contributed by atoms with van der Waals surface area (Å²) in [5, 5.41) is 5.00. The molecule has 3 N–H and O–H groups in total. The van der Waals surface area contributed by atoms with E-state index in [9.17, 15) is 16.8 Å². The molecular formula is C18H19N3O6S2. The quantitative estimate of drug-likeness (QED) is 0.544. The van der Waals surface area contributed by atoms with Crippen LogP contribution >= 0.6 is 0 Å². The average Bonchev–Trinajstić information content (AvgIpc) is 3.16. The van der Waals surface area contributed by atoms with E-state index in [2.05, 4.69) is 9.71 Å². The summed E-state index contributed by atoms with van der Waals surface area (Å²) >= 11 is 0. The highest BCUT2D eigenvalue weighted by Crippen LogP contribution is 2.22. The summed E-state index contributed by atoms with van der Waals surface area (Å²) in [6.45, 7) is 0.0911. The molecule has 0 amide bonds. The molecule has 0 fully saturated rings. The number of nitrogens with two attached hydrogens (primary N) is 1. The maximum Gasteiger partial charge on any atom is 0.240 e. The SMILES string of the molecule is COc1ccc(-c2nc(CCNS(=O)(=O)c3ccc(S(N)(=O)=O)cc3)co2)cc1. The number of sulfonamides is 2. The van der Waals surface area contributed by atoms with E-state index in [4.69, 9.17) is 14.3 Å². The van der Waals surface area contributed by atoms with Gasteiger partial charge in [-0.3, -0.25) is 0 Å². The second-order valence-electron chi connectivity index (χ2n) is 6.04. The first kappa shape index (κ1) is 21.0. The van der Waals surface area contributed by atoms with Crippen LogP contribution in [0.4, 0.5) is 0 Å². The molecule has 1 heterocycles. The Morgan fingerprint density at radius 2 is 1.62 bits per heavy atom. The first-order chi connectivity index (χ1) is 13.7. The van der Waals surface area contributed by atoms with Crippen molar-refractivity contribution in [2.75, 3.05) is 13.7 Å². The van der Waals surface area contributed by atoms with Crippen LogP contribution in [0.3, 0.4) is 0 Å². The molecule has 0 radical (unpaired) electrons. The van der Waals surface area contributed by atoms with Crippen molar-refractivity contribution >= 4 is 20.0 Å². The molecule has 9 nitrogen and oxygen atoms in total. The summed E-state index contributed by atoms with van der Waals surface area (Å²) in [6, 6.07) is 11.8. The molecule has 0 spiro atoms. The van der Waals surface area contributed by atoms with Crippen LogP contribution in [0.25, 0.3) is 11.5 Å². The van der Waals surface area contributed by atoms with Gasteiger partial charge in [0, 0.05) is 18.5 Å². The molecule has 11 heteroatoms. The van der Waals surface area contributed by atoms with Crippen LogP contribution in [0.15, 0.2) is 69.0 Å². The summed E-state index contributed by atoms with van der Waals surface area (Å²) in [4.78, 5) is 4.12. The topological polar surface area (TPSA) is 142 Å². The molecule has 154 valence electrons. The molecule has 0 aliphatic heterocycles. The number of aromatic nitrogens is 1. The fourth-order valence-corrected chi connectivity index (χ4v) is 4.04. The minimum Gasteiger partial charge on any atom is -0.497 e. The van der Waals surface area contributed by atoms with E-state index in [0.717, 1.165) is 17.7 Å². The van der Waals surface area contributed by atoms with Crippen LogP contribution in [0.1, 0.15) is 5.69 Å². The number of hydrogen-bond acceptors (Lipinski definition) is 7. The van der Waals surface area contributed by atoms with Crippen molar-refractivity contribution in [1.82, 2.24) is 9.71 Å². The molecule has 2 aromatic carbocycles. The highest BCUT2D eigenvalue weighted by molar-refractivity contribution is 7.89. The lowest BCUT2D eigenvalue weighted by atomic mass is 10.2. The number of ether oxygens (including phenoxy) is 1. The van der Waals surface area contributed by atoms with Crippen molar-refractivity contribution in [2.24, 2.45) is 5.14 Å². The third-order valence-corrected chi connectivity index (χ3v) is 6.43. The number of benzene rings is 2. The van der Waals surface area contributed by atoms with E-state index in [-0.39, 0.29) is 16.3 Å². The van der Waals surface area contributed by atoms with Gasteiger partial charge in [-0.15, -0.1) is 0 Å². The molecule has 1 aromatic heterocycles. The Morgan fingerprint density at radius 1 is 1.00 bits per heavy atom. The van der Waals surface area contributed by atoms with Crippen molar-refractivity contribution < 1.29 is 26.0 Å². The van der Waals surface area contributed by atoms with Crippen LogP contribution in [-0.2, 0) is 26.5 Å². The Morgan fingerprint density at radius 3 is 2.21 bits per heavy atom. The average molecular weight is 437 g/mol. The number of methoxy groups -OCH3 is 1. The van der Waals surface area contributed by atoms with E-state index in [1.54, 1.807) is 19.2 Å². The normalized spacial score (nSPS) is 12.1. The van der Waals surface area contributed by atoms with Gasteiger partial charge in [-0.2, -0.15) is 0 Å². The van der Waals surface area contributed by atoms with Gasteiger partial charge in [-0.1, -0.05) is 0 Å². The highest BCUT2D eigenvalue weighted by Gasteiger charge is 2.16. The van der Waals surface area contributed by atoms with E-state index in [1.165, 1.54) is 18.4 Å². The molecule has 3 aromatic rings. The van der Waals surface area contributed by atoms with Gasteiger partial charge in [0.05, 0.1) is 22.6 Å². The molecule has 0 bridgehead atoms. The molecule has 29 heavy (non-hydrogen) atoms. The van der Waals surface area contributed by atoms with Crippen LogP contribution < -0.4 is 14.6 Å². The molecule has 0 aliphatic carbocycles. The van der Waals surface area contributed by atoms with Crippen LogP contribution in [0.5, 0.6) is 5.75 Å². The van der Waals surface area contributed by atoms with Gasteiger partial charge in [0.2, 0.25) is 25.9 Å². The van der Waals surface area contributed by atoms with Crippen molar-refractivity contribution in [2.45, 2.75) is 16.2 Å². The zero-order valence-corrected chi connectivity index (χ0v) is 17.0. The fourth-order valence-electron chi connectivity index (χ4n) is 2.49. The summed E-state index contributed by atoms with van der Waals surface area (Å²) < 4.78 is 60.1. The standard InChI is InChI=1S/C18H19N3O6S2/c1-26-15-4-2-13(3-5-15)18-21-14(12-27-18)10-11-20-29(24,25)17-8-6-16(7-9-17)28(19,22)23/h2-9,12,20H,10-11H2,1H3,(H2,19,22,23). The number of primary sulfonamides is 1. The third kappa shape index (κ3) is 5.21. The van der Waals surface area contributed by atoms with E-state index in [0.29, 0.717) is 23.8 Å². The van der Waals surface area contributed by atoms with Crippen LogP contribution in [-0.4, -0.2) is 35.5 Å². The van der Waals surface area contributed by atoms with Gasteiger partial charge >= 0.3 is 0 Å². The molecule has 0 saturated heterocycles. The van der Waals surface area contributed by atoms with Gasteiger partial charge < -0.3 is 9.15 Å². The largest absolute Gasteiger partial charge is 0.497 e. The minimum absolute atomic E-state index is 0.0658. The number of nitrogens with zero attached hydrogens (tertiary/aromatic N) is 1. The first-order valence-electron chi connectivity index (χ1n) is 8.40. The predicted molar refractivity (Wildman–Crippen MR) is 105 cm³/mol. The molecule has 3 rings (SSSR count). The smallest absolute Gasteiger partial charge is 0.240 e. The number of hydrogen-bond donors (Lipinski definition) is 2. The lowest BCUT2D eigenvalue weighted by Gasteiger charge is -2.06. The first-order valence-corrected chi connectivity index (χ1v) is 11.4. The Balaban J connectivity index is 1.61. The van der Waals surface area contributed by atoms with Gasteiger partial charge in [0.1, 0.15) is 12.0 Å². The molecular weight excluding hydrogens is 418 g/mol. The number of nitrogens with one attached hydrogen (secondary N) is 1. The van der Waals surface area contributed by atoms with E-state index >= 15 is 0 Å². The maximum absolute atomic E-state index is 12.3. The second-order valence-corrected chi connectivity index (χ2v) is 9.37. The van der Waals surface area contributed by atoms with Gasteiger partial charge in [0.15, 0.2) is 0 Å². The summed E-state index contributed by atoms with van der Waals surface area (Å²) in [6.07, 6.45) is 1.78. The van der Waals surface area contributed by atoms with Gasteiger partial charge in [-0.25, -0.2) is 31.7 Å². The van der Waals surface area contributed by atoms with Crippen molar-refractivity contribution in [3.63, 3.8) is 0 Å². The Kier molecular flexibility index (Phi) is 6.03.